The van der Waals surface area contributed by atoms with E-state index in [2.05, 4.69) is 20.5 Å². The van der Waals surface area contributed by atoms with Gasteiger partial charge in [0.25, 0.3) is 5.91 Å². The number of anilines is 2. The van der Waals surface area contributed by atoms with Gasteiger partial charge in [0.15, 0.2) is 5.82 Å². The van der Waals surface area contributed by atoms with Crippen molar-refractivity contribution < 1.29 is 14.7 Å². The molecule has 0 radical (unpaired) electrons. The van der Waals surface area contributed by atoms with Crippen LogP contribution in [0.2, 0.25) is 0 Å². The lowest BCUT2D eigenvalue weighted by atomic mass is 10.1. The number of hydrogen-bond acceptors (Lipinski definition) is 7. The standard InChI is InChI=1S/C27H32N6O3/c1-20(34)28-12-13-29-24-19-25(31-26(30-24)22-10-6-3-7-11-22)32-14-16-33(17-15-32)27(36)23(35)18-21-8-4-2-5-9-21/h2-11,19,23,35H,12-18H2,1H3,(H,28,34)(H,29,30,31)/t23-/m1/s1. The highest BCUT2D eigenvalue weighted by Gasteiger charge is 2.27. The first-order chi connectivity index (χ1) is 17.5. The van der Waals surface area contributed by atoms with E-state index in [9.17, 15) is 14.7 Å². The maximum atomic E-state index is 12.8. The number of aliphatic hydroxyl groups excluding tert-OH is 1. The topological polar surface area (TPSA) is 111 Å². The Morgan fingerprint density at radius 3 is 2.28 bits per heavy atom. The number of aliphatic hydroxyl groups is 1. The summed E-state index contributed by atoms with van der Waals surface area (Å²) in [5.74, 6) is 1.72. The summed E-state index contributed by atoms with van der Waals surface area (Å²) in [6.45, 7) is 4.71. The van der Waals surface area contributed by atoms with Gasteiger partial charge in [0.1, 0.15) is 17.7 Å². The quantitative estimate of drug-likeness (QED) is 0.395. The van der Waals surface area contributed by atoms with Gasteiger partial charge in [0, 0.05) is 64.2 Å². The van der Waals surface area contributed by atoms with Crippen LogP contribution in [0, 0.1) is 0 Å². The lowest BCUT2D eigenvalue weighted by Crippen LogP contribution is -2.52. The highest BCUT2D eigenvalue weighted by molar-refractivity contribution is 5.81. The summed E-state index contributed by atoms with van der Waals surface area (Å²) in [6, 6.07) is 21.2. The molecule has 0 saturated carbocycles. The van der Waals surface area contributed by atoms with Gasteiger partial charge < -0.3 is 25.5 Å². The maximum Gasteiger partial charge on any atom is 0.251 e. The fraction of sp³-hybridized carbons (Fsp3) is 0.333. The fourth-order valence-electron chi connectivity index (χ4n) is 4.12. The molecular weight excluding hydrogens is 456 g/mol. The van der Waals surface area contributed by atoms with Crippen molar-refractivity contribution in [2.24, 2.45) is 0 Å². The molecule has 0 bridgehead atoms. The van der Waals surface area contributed by atoms with Gasteiger partial charge in [-0.1, -0.05) is 60.7 Å². The average Bonchev–Trinajstić information content (AvgIpc) is 2.91. The molecule has 2 heterocycles. The Bertz CT molecular complexity index is 1150. The average molecular weight is 489 g/mol. The SMILES string of the molecule is CC(=O)NCCNc1cc(N2CCN(C(=O)[C@H](O)Cc3ccccc3)CC2)nc(-c2ccccc2)n1. The minimum Gasteiger partial charge on any atom is -0.383 e. The van der Waals surface area contributed by atoms with Gasteiger partial charge >= 0.3 is 0 Å². The number of piperazine rings is 1. The molecule has 9 heteroatoms. The minimum atomic E-state index is -1.05. The molecule has 1 fully saturated rings. The highest BCUT2D eigenvalue weighted by atomic mass is 16.3. The Hall–Kier alpha value is -3.98. The third-order valence-corrected chi connectivity index (χ3v) is 6.02. The molecule has 0 unspecified atom stereocenters. The molecule has 1 aliphatic rings. The van der Waals surface area contributed by atoms with E-state index in [-0.39, 0.29) is 11.8 Å². The van der Waals surface area contributed by atoms with Gasteiger partial charge in [-0.2, -0.15) is 0 Å². The van der Waals surface area contributed by atoms with Crippen molar-refractivity contribution in [2.45, 2.75) is 19.4 Å². The smallest absolute Gasteiger partial charge is 0.251 e. The van der Waals surface area contributed by atoms with Crippen LogP contribution in [-0.2, 0) is 16.0 Å². The van der Waals surface area contributed by atoms with E-state index >= 15 is 0 Å². The second kappa shape index (κ2) is 12.1. The van der Waals surface area contributed by atoms with Gasteiger partial charge in [-0.15, -0.1) is 0 Å². The lowest BCUT2D eigenvalue weighted by Gasteiger charge is -2.36. The molecule has 1 aromatic heterocycles. The van der Waals surface area contributed by atoms with E-state index in [1.807, 2.05) is 66.7 Å². The first-order valence-electron chi connectivity index (χ1n) is 12.2. The Morgan fingerprint density at radius 2 is 1.61 bits per heavy atom. The Labute approximate surface area is 211 Å². The largest absolute Gasteiger partial charge is 0.383 e. The van der Waals surface area contributed by atoms with Crippen molar-refractivity contribution in [2.75, 3.05) is 49.5 Å². The first kappa shape index (κ1) is 25.1. The molecule has 1 atom stereocenters. The first-order valence-corrected chi connectivity index (χ1v) is 12.2. The van der Waals surface area contributed by atoms with Crippen LogP contribution in [0.1, 0.15) is 12.5 Å². The molecule has 3 N–H and O–H groups in total. The van der Waals surface area contributed by atoms with Crippen molar-refractivity contribution in [1.29, 1.82) is 0 Å². The number of nitrogens with zero attached hydrogens (tertiary/aromatic N) is 4. The van der Waals surface area contributed by atoms with E-state index in [4.69, 9.17) is 4.98 Å². The molecule has 4 rings (SSSR count). The molecule has 2 aromatic carbocycles. The summed E-state index contributed by atoms with van der Waals surface area (Å²) >= 11 is 0. The second-order valence-corrected chi connectivity index (χ2v) is 8.73. The van der Waals surface area contributed by atoms with Gasteiger partial charge in [-0.05, 0) is 5.56 Å². The van der Waals surface area contributed by atoms with Crippen LogP contribution in [0.4, 0.5) is 11.6 Å². The van der Waals surface area contributed by atoms with Crippen LogP contribution in [0.5, 0.6) is 0 Å². The van der Waals surface area contributed by atoms with E-state index in [1.54, 1.807) is 4.90 Å². The molecule has 1 aliphatic heterocycles. The maximum absolute atomic E-state index is 12.8. The number of amides is 2. The van der Waals surface area contributed by atoms with Crippen molar-refractivity contribution in [3.8, 4) is 11.4 Å². The van der Waals surface area contributed by atoms with Crippen LogP contribution < -0.4 is 15.5 Å². The molecule has 2 amide bonds. The molecule has 3 aromatic rings. The number of rotatable bonds is 9. The Balaban J connectivity index is 1.42. The predicted octanol–water partition coefficient (Wildman–Crippen LogP) is 1.94. The third kappa shape index (κ3) is 6.79. The van der Waals surface area contributed by atoms with Crippen molar-refractivity contribution in [3.05, 3.63) is 72.3 Å². The molecule has 0 spiro atoms. The van der Waals surface area contributed by atoms with Crippen LogP contribution >= 0.6 is 0 Å². The number of carbonyl (C=O) groups is 2. The van der Waals surface area contributed by atoms with Crippen molar-refractivity contribution in [1.82, 2.24) is 20.2 Å². The number of hydrogen-bond donors (Lipinski definition) is 3. The molecule has 188 valence electrons. The normalized spacial score (nSPS) is 14.3. The summed E-state index contributed by atoms with van der Waals surface area (Å²) < 4.78 is 0. The number of carbonyl (C=O) groups excluding carboxylic acids is 2. The van der Waals surface area contributed by atoms with E-state index < -0.39 is 6.10 Å². The monoisotopic (exact) mass is 488 g/mol. The van der Waals surface area contributed by atoms with Gasteiger partial charge in [0.2, 0.25) is 5.91 Å². The van der Waals surface area contributed by atoms with Crippen LogP contribution in [0.25, 0.3) is 11.4 Å². The Morgan fingerprint density at radius 1 is 0.944 bits per heavy atom. The highest BCUT2D eigenvalue weighted by Crippen LogP contribution is 2.23. The molecule has 36 heavy (non-hydrogen) atoms. The van der Waals surface area contributed by atoms with Crippen LogP contribution in [-0.4, -0.2) is 77.2 Å². The number of nitrogens with one attached hydrogen (secondary N) is 2. The molecule has 0 aliphatic carbocycles. The number of benzene rings is 2. The summed E-state index contributed by atoms with van der Waals surface area (Å²) in [7, 11) is 0. The van der Waals surface area contributed by atoms with Crippen molar-refractivity contribution >= 4 is 23.5 Å². The van der Waals surface area contributed by atoms with Gasteiger partial charge in [-0.25, -0.2) is 9.97 Å². The number of aromatic nitrogens is 2. The third-order valence-electron chi connectivity index (χ3n) is 6.02. The lowest BCUT2D eigenvalue weighted by molar-refractivity contribution is -0.140. The molecule has 1 saturated heterocycles. The summed E-state index contributed by atoms with van der Waals surface area (Å²) in [6.07, 6.45) is -0.748. The zero-order valence-corrected chi connectivity index (χ0v) is 20.4. The Kier molecular flexibility index (Phi) is 8.46. The predicted molar refractivity (Wildman–Crippen MR) is 140 cm³/mol. The van der Waals surface area contributed by atoms with Crippen LogP contribution in [0.15, 0.2) is 66.7 Å². The van der Waals surface area contributed by atoms with Crippen molar-refractivity contribution in [3.63, 3.8) is 0 Å². The van der Waals surface area contributed by atoms with E-state index in [0.717, 1.165) is 16.9 Å². The fourth-order valence-corrected chi connectivity index (χ4v) is 4.12. The zero-order valence-electron chi connectivity index (χ0n) is 20.4. The molecule has 9 nitrogen and oxygen atoms in total. The second-order valence-electron chi connectivity index (χ2n) is 8.73. The van der Waals surface area contributed by atoms with Gasteiger partial charge in [-0.3, -0.25) is 9.59 Å². The molecular formula is C27H32N6O3. The summed E-state index contributed by atoms with van der Waals surface area (Å²) in [4.78, 5) is 37.3. The summed E-state index contributed by atoms with van der Waals surface area (Å²) in [5, 5.41) is 16.5. The van der Waals surface area contributed by atoms with Gasteiger partial charge in [0.05, 0.1) is 0 Å². The van der Waals surface area contributed by atoms with E-state index in [0.29, 0.717) is 57.3 Å². The minimum absolute atomic E-state index is 0.0774. The van der Waals surface area contributed by atoms with E-state index in [1.165, 1.54) is 6.92 Å². The summed E-state index contributed by atoms with van der Waals surface area (Å²) in [5.41, 5.74) is 1.84. The van der Waals surface area contributed by atoms with Crippen LogP contribution in [0.3, 0.4) is 0 Å². The zero-order chi connectivity index (χ0) is 25.3.